The Kier molecular flexibility index (Phi) is 6.01. The van der Waals surface area contributed by atoms with E-state index >= 15 is 0 Å². The van der Waals surface area contributed by atoms with Crippen LogP contribution in [0.5, 0.6) is 0 Å². The molecule has 0 spiro atoms. The van der Waals surface area contributed by atoms with Gasteiger partial charge in [-0.15, -0.1) is 0 Å². The van der Waals surface area contributed by atoms with Crippen molar-refractivity contribution in [3.8, 4) is 0 Å². The summed E-state index contributed by atoms with van der Waals surface area (Å²) in [5, 5.41) is 9.02. The fourth-order valence-corrected chi connectivity index (χ4v) is 0.972. The van der Waals surface area contributed by atoms with Crippen LogP contribution < -0.4 is 11.1 Å². The lowest BCUT2D eigenvalue weighted by atomic mass is 10.2. The molecule has 0 aromatic heterocycles. The highest BCUT2D eigenvalue weighted by Gasteiger charge is 2.38. The van der Waals surface area contributed by atoms with Crippen LogP contribution in [-0.2, 0) is 11.0 Å². The van der Waals surface area contributed by atoms with Crippen molar-refractivity contribution in [3.05, 3.63) is 29.8 Å². The Morgan fingerprint density at radius 3 is 1.81 bits per heavy atom. The largest absolute Gasteiger partial charge is 0.490 e. The van der Waals surface area contributed by atoms with E-state index in [1.165, 1.54) is 12.1 Å². The molecule has 0 saturated carbocycles. The number of nitrogens with one attached hydrogen (secondary N) is 1. The molecule has 2 amide bonds. The highest BCUT2D eigenvalue weighted by Crippen LogP contribution is 2.34. The molecule has 118 valence electrons. The van der Waals surface area contributed by atoms with Gasteiger partial charge in [0.25, 0.3) is 0 Å². The third-order valence-electron chi connectivity index (χ3n) is 1.73. The zero-order chi connectivity index (χ0) is 16.8. The molecule has 1 aromatic carbocycles. The van der Waals surface area contributed by atoms with Gasteiger partial charge in [-0.25, -0.2) is 9.59 Å². The van der Waals surface area contributed by atoms with Gasteiger partial charge in [0.1, 0.15) is 0 Å². The van der Waals surface area contributed by atoms with Gasteiger partial charge in [0.2, 0.25) is 0 Å². The van der Waals surface area contributed by atoms with Crippen LogP contribution in [0, 0.1) is 0 Å². The predicted octanol–water partition coefficient (Wildman–Crippen LogP) is 2.83. The van der Waals surface area contributed by atoms with Crippen molar-refractivity contribution in [3.63, 3.8) is 0 Å². The molecule has 4 N–H and O–H groups in total. The Labute approximate surface area is 113 Å². The summed E-state index contributed by atoms with van der Waals surface area (Å²) in [6.07, 6.45) is -9.58. The normalized spacial score (nSPS) is 11.1. The number of hydrogen-bond acceptors (Lipinski definition) is 2. The van der Waals surface area contributed by atoms with Crippen LogP contribution in [-0.4, -0.2) is 23.3 Å². The SMILES string of the molecule is NC(=O)Nc1ccccc1C(F)(F)F.O=C(O)C(F)(F)F. The van der Waals surface area contributed by atoms with E-state index in [4.69, 9.17) is 15.6 Å². The standard InChI is InChI=1S/C8H7F3N2O.C2HF3O2/c9-8(10,11)5-3-1-2-4-6(5)13-7(12)14;3-2(4,5)1(6)7/h1-4H,(H3,12,13,14);(H,6,7). The van der Waals surface area contributed by atoms with Gasteiger partial charge in [0, 0.05) is 0 Å². The first-order valence-corrected chi connectivity index (χ1v) is 4.88. The number of rotatable bonds is 1. The first kappa shape index (κ1) is 18.5. The Hall–Kier alpha value is -2.46. The monoisotopic (exact) mass is 318 g/mol. The third-order valence-corrected chi connectivity index (χ3v) is 1.73. The number of carbonyl (C=O) groups is 2. The summed E-state index contributed by atoms with van der Waals surface area (Å²) in [6, 6.07) is 3.58. The summed E-state index contributed by atoms with van der Waals surface area (Å²) in [5.41, 5.74) is 3.46. The van der Waals surface area contributed by atoms with Crippen LogP contribution in [0.4, 0.5) is 36.8 Å². The summed E-state index contributed by atoms with van der Waals surface area (Å²) in [5.74, 6) is -2.76. The number of halogens is 6. The second kappa shape index (κ2) is 6.81. The molecule has 0 unspecified atom stereocenters. The number of anilines is 1. The number of amides is 2. The number of alkyl halides is 6. The summed E-state index contributed by atoms with van der Waals surface area (Å²) in [7, 11) is 0. The smallest absolute Gasteiger partial charge is 0.475 e. The highest BCUT2D eigenvalue weighted by molar-refractivity contribution is 5.88. The van der Waals surface area contributed by atoms with Crippen molar-refractivity contribution >= 4 is 17.7 Å². The van der Waals surface area contributed by atoms with Crippen LogP contribution in [0.1, 0.15) is 5.56 Å². The lowest BCUT2D eigenvalue weighted by molar-refractivity contribution is -0.192. The quantitative estimate of drug-likeness (QED) is 0.695. The van der Waals surface area contributed by atoms with Gasteiger partial charge in [-0.3, -0.25) is 0 Å². The Bertz CT molecular complexity index is 512. The summed E-state index contributed by atoms with van der Waals surface area (Å²) in [4.78, 5) is 19.3. The molecule has 0 atom stereocenters. The van der Waals surface area contributed by atoms with Crippen LogP contribution in [0.25, 0.3) is 0 Å². The molecule has 0 aliphatic heterocycles. The van der Waals surface area contributed by atoms with E-state index in [-0.39, 0.29) is 5.69 Å². The second-order valence-corrected chi connectivity index (χ2v) is 3.34. The summed E-state index contributed by atoms with van der Waals surface area (Å²) < 4.78 is 68.7. The van der Waals surface area contributed by atoms with Crippen LogP contribution >= 0.6 is 0 Å². The molecule has 0 radical (unpaired) electrons. The number of hydrogen-bond donors (Lipinski definition) is 3. The number of carboxylic acids is 1. The zero-order valence-corrected chi connectivity index (χ0v) is 9.92. The van der Waals surface area contributed by atoms with Crippen molar-refractivity contribution in [2.75, 3.05) is 5.32 Å². The Balaban J connectivity index is 0.000000486. The average Bonchev–Trinajstić information content (AvgIpc) is 2.26. The van der Waals surface area contributed by atoms with Crippen molar-refractivity contribution in [1.29, 1.82) is 0 Å². The van der Waals surface area contributed by atoms with Gasteiger partial charge in [0.15, 0.2) is 0 Å². The van der Waals surface area contributed by atoms with Crippen molar-refractivity contribution in [2.45, 2.75) is 12.4 Å². The summed E-state index contributed by atoms with van der Waals surface area (Å²) >= 11 is 0. The van der Waals surface area contributed by atoms with E-state index in [0.717, 1.165) is 12.1 Å². The van der Waals surface area contributed by atoms with Gasteiger partial charge in [-0.1, -0.05) is 12.1 Å². The first-order chi connectivity index (χ1) is 9.35. The minimum absolute atomic E-state index is 0.340. The highest BCUT2D eigenvalue weighted by atomic mass is 19.4. The number of benzene rings is 1. The lowest BCUT2D eigenvalue weighted by Crippen LogP contribution is -2.21. The molecule has 1 aromatic rings. The van der Waals surface area contributed by atoms with E-state index in [0.29, 0.717) is 0 Å². The molecule has 1 rings (SSSR count). The molecule has 0 fully saturated rings. The molecular formula is C10H8F6N2O3. The number of carboxylic acid groups (broad SMARTS) is 1. The van der Waals surface area contributed by atoms with E-state index in [1.54, 1.807) is 0 Å². The van der Waals surface area contributed by atoms with Crippen LogP contribution in [0.2, 0.25) is 0 Å². The van der Waals surface area contributed by atoms with Crippen LogP contribution in [0.3, 0.4) is 0 Å². The maximum absolute atomic E-state index is 12.3. The first-order valence-electron chi connectivity index (χ1n) is 4.88. The van der Waals surface area contributed by atoms with Gasteiger partial charge >= 0.3 is 24.4 Å². The Morgan fingerprint density at radius 1 is 1.05 bits per heavy atom. The number of para-hydroxylation sites is 1. The number of primary amides is 1. The maximum atomic E-state index is 12.3. The van der Waals surface area contributed by atoms with Crippen molar-refractivity contribution in [1.82, 2.24) is 0 Å². The molecule has 0 bridgehead atoms. The number of urea groups is 1. The van der Waals surface area contributed by atoms with E-state index in [9.17, 15) is 31.1 Å². The predicted molar refractivity (Wildman–Crippen MR) is 58.3 cm³/mol. The van der Waals surface area contributed by atoms with Gasteiger partial charge < -0.3 is 16.2 Å². The van der Waals surface area contributed by atoms with Gasteiger partial charge in [-0.05, 0) is 12.1 Å². The minimum atomic E-state index is -5.08. The number of carbonyl (C=O) groups excluding carboxylic acids is 1. The van der Waals surface area contributed by atoms with E-state index in [2.05, 4.69) is 0 Å². The molecular weight excluding hydrogens is 310 g/mol. The molecule has 21 heavy (non-hydrogen) atoms. The molecule has 11 heteroatoms. The fourth-order valence-electron chi connectivity index (χ4n) is 0.972. The lowest BCUT2D eigenvalue weighted by Gasteiger charge is -2.11. The van der Waals surface area contributed by atoms with Crippen molar-refractivity contribution < 1.29 is 41.0 Å². The van der Waals surface area contributed by atoms with Gasteiger partial charge in [-0.2, -0.15) is 26.3 Å². The summed E-state index contributed by atoms with van der Waals surface area (Å²) in [6.45, 7) is 0. The molecule has 0 saturated heterocycles. The maximum Gasteiger partial charge on any atom is 0.490 e. The second-order valence-electron chi connectivity index (χ2n) is 3.34. The molecule has 0 aliphatic carbocycles. The Morgan fingerprint density at radius 2 is 1.48 bits per heavy atom. The average molecular weight is 318 g/mol. The third kappa shape index (κ3) is 7.03. The molecule has 0 aliphatic rings. The minimum Gasteiger partial charge on any atom is -0.475 e. The van der Waals surface area contributed by atoms with Crippen molar-refractivity contribution in [2.24, 2.45) is 5.73 Å². The van der Waals surface area contributed by atoms with E-state index in [1.807, 2.05) is 5.32 Å². The van der Waals surface area contributed by atoms with E-state index < -0.39 is 29.9 Å². The van der Waals surface area contributed by atoms with Crippen LogP contribution in [0.15, 0.2) is 24.3 Å². The zero-order valence-electron chi connectivity index (χ0n) is 9.92. The number of nitrogens with two attached hydrogens (primary N) is 1. The number of aliphatic carboxylic acids is 1. The molecule has 5 nitrogen and oxygen atoms in total. The molecule has 0 heterocycles. The fraction of sp³-hybridized carbons (Fsp3) is 0.200. The topological polar surface area (TPSA) is 92.4 Å². The van der Waals surface area contributed by atoms with Gasteiger partial charge in [0.05, 0.1) is 11.3 Å².